The first-order chi connectivity index (χ1) is 21.4. The lowest BCUT2D eigenvalue weighted by Gasteiger charge is -2.13. The van der Waals surface area contributed by atoms with Crippen LogP contribution < -0.4 is 25.4 Å². The van der Waals surface area contributed by atoms with E-state index in [0.717, 1.165) is 20.9 Å². The Morgan fingerprint density at radius 3 is 2.36 bits per heavy atom. The average molecular weight is 625 g/mol. The molecule has 0 unspecified atom stereocenters. The van der Waals surface area contributed by atoms with Gasteiger partial charge in [0.2, 0.25) is 5.91 Å². The molecular formula is C33H28N4O5S2. The average Bonchev–Trinajstić information content (AvgIpc) is 3.46. The molecule has 0 aliphatic heterocycles. The molecule has 5 aromatic rings. The molecule has 5 rings (SSSR count). The summed E-state index contributed by atoms with van der Waals surface area (Å²) in [4.78, 5) is 44.1. The molecule has 0 saturated heterocycles. The first-order valence-corrected chi connectivity index (χ1v) is 15.2. The van der Waals surface area contributed by atoms with Crippen molar-refractivity contribution in [3.05, 3.63) is 114 Å². The second kappa shape index (κ2) is 14.4. The first kappa shape index (κ1) is 30.3. The number of para-hydroxylation sites is 1. The topological polar surface area (TPSA) is 119 Å². The van der Waals surface area contributed by atoms with Gasteiger partial charge in [0.1, 0.15) is 17.2 Å². The number of carbonyl (C=O) groups is 3. The van der Waals surface area contributed by atoms with E-state index in [1.54, 1.807) is 61.7 Å². The first-order valence-electron chi connectivity index (χ1n) is 13.4. The van der Waals surface area contributed by atoms with Crippen molar-refractivity contribution in [2.75, 3.05) is 30.6 Å². The fourth-order valence-electron chi connectivity index (χ4n) is 4.11. The number of hydrogen-bond acceptors (Lipinski definition) is 8. The van der Waals surface area contributed by atoms with Crippen molar-refractivity contribution in [3.8, 4) is 11.5 Å². The molecule has 0 atom stereocenters. The molecule has 3 N–H and O–H groups in total. The molecule has 11 heteroatoms. The standard InChI is InChI=1S/C33H28N4O5S2/c1-41-24-14-17-26-29(19-24)44-33(36-26)37-30(38)20-43-25-15-12-23(13-16-25)34-32(40)27(18-22-10-6-7-11-28(22)42-2)35-31(39)21-8-4-3-5-9-21/h3-19H,20H2,1-2H3,(H,34,40)(H,35,39)(H,36,37,38)/b27-18-. The molecule has 0 saturated carbocycles. The largest absolute Gasteiger partial charge is 0.497 e. The van der Waals surface area contributed by atoms with E-state index in [-0.39, 0.29) is 17.4 Å². The van der Waals surface area contributed by atoms with Crippen molar-refractivity contribution in [2.24, 2.45) is 0 Å². The molecule has 0 aliphatic carbocycles. The smallest absolute Gasteiger partial charge is 0.272 e. The van der Waals surface area contributed by atoms with E-state index in [9.17, 15) is 14.4 Å². The highest BCUT2D eigenvalue weighted by Crippen LogP contribution is 2.29. The summed E-state index contributed by atoms with van der Waals surface area (Å²) in [7, 11) is 3.14. The second-order valence-electron chi connectivity index (χ2n) is 9.29. The van der Waals surface area contributed by atoms with E-state index in [1.165, 1.54) is 30.2 Å². The fraction of sp³-hybridized carbons (Fsp3) is 0.0909. The lowest BCUT2D eigenvalue weighted by molar-refractivity contribution is -0.114. The quantitative estimate of drug-likeness (QED) is 0.114. The summed E-state index contributed by atoms with van der Waals surface area (Å²) in [5, 5.41) is 8.93. The number of thioether (sulfide) groups is 1. The maximum atomic E-state index is 13.4. The molecule has 1 aromatic heterocycles. The number of hydrogen-bond donors (Lipinski definition) is 3. The van der Waals surface area contributed by atoms with Crippen molar-refractivity contribution < 1.29 is 23.9 Å². The van der Waals surface area contributed by atoms with Crippen LogP contribution in [0.4, 0.5) is 10.8 Å². The molecule has 4 aromatic carbocycles. The van der Waals surface area contributed by atoms with Gasteiger partial charge in [0, 0.05) is 21.7 Å². The Labute approximate surface area is 262 Å². The molecule has 0 aliphatic rings. The molecule has 9 nitrogen and oxygen atoms in total. The number of anilines is 2. The van der Waals surface area contributed by atoms with Gasteiger partial charge in [-0.2, -0.15) is 0 Å². The Hall–Kier alpha value is -5.13. The van der Waals surface area contributed by atoms with Crippen LogP contribution >= 0.6 is 23.1 Å². The van der Waals surface area contributed by atoms with Crippen molar-refractivity contribution in [1.29, 1.82) is 0 Å². The minimum atomic E-state index is -0.506. The highest BCUT2D eigenvalue weighted by molar-refractivity contribution is 8.00. The zero-order valence-corrected chi connectivity index (χ0v) is 25.5. The second-order valence-corrected chi connectivity index (χ2v) is 11.4. The zero-order chi connectivity index (χ0) is 30.9. The van der Waals surface area contributed by atoms with E-state index in [1.807, 2.05) is 48.5 Å². The Kier molecular flexibility index (Phi) is 9.90. The summed E-state index contributed by atoms with van der Waals surface area (Å²) >= 11 is 2.74. The predicted molar refractivity (Wildman–Crippen MR) is 175 cm³/mol. The van der Waals surface area contributed by atoms with E-state index in [0.29, 0.717) is 27.7 Å². The van der Waals surface area contributed by atoms with Gasteiger partial charge in [-0.3, -0.25) is 14.4 Å². The van der Waals surface area contributed by atoms with Crippen LogP contribution in [0.1, 0.15) is 15.9 Å². The summed E-state index contributed by atoms with van der Waals surface area (Å²) in [6.07, 6.45) is 1.57. The Morgan fingerprint density at radius 2 is 1.61 bits per heavy atom. The third-order valence-electron chi connectivity index (χ3n) is 6.29. The number of ether oxygens (including phenoxy) is 2. The van der Waals surface area contributed by atoms with Gasteiger partial charge < -0.3 is 25.4 Å². The number of fused-ring (bicyclic) bond motifs is 1. The maximum absolute atomic E-state index is 13.4. The number of rotatable bonds is 11. The third kappa shape index (κ3) is 7.82. The number of carbonyl (C=O) groups excluding carboxylic acids is 3. The number of methoxy groups -OCH3 is 2. The van der Waals surface area contributed by atoms with E-state index >= 15 is 0 Å². The van der Waals surface area contributed by atoms with Crippen LogP contribution in [0.15, 0.2) is 108 Å². The molecule has 0 fully saturated rings. The fourth-order valence-corrected chi connectivity index (χ4v) is 5.72. The van der Waals surface area contributed by atoms with Crippen LogP contribution in [0.5, 0.6) is 11.5 Å². The van der Waals surface area contributed by atoms with Gasteiger partial charge in [-0.05, 0) is 66.7 Å². The number of amides is 3. The van der Waals surface area contributed by atoms with Crippen LogP contribution in [0, 0.1) is 0 Å². The van der Waals surface area contributed by atoms with Gasteiger partial charge in [-0.25, -0.2) is 4.98 Å². The van der Waals surface area contributed by atoms with Gasteiger partial charge in [-0.15, -0.1) is 11.8 Å². The van der Waals surface area contributed by atoms with Crippen molar-refractivity contribution >= 4 is 67.9 Å². The highest BCUT2D eigenvalue weighted by Gasteiger charge is 2.16. The highest BCUT2D eigenvalue weighted by atomic mass is 32.2. The summed E-state index contributed by atoms with van der Waals surface area (Å²) in [6, 6.07) is 28.5. The Bertz CT molecular complexity index is 1820. The minimum absolute atomic E-state index is 0.0479. The van der Waals surface area contributed by atoms with E-state index < -0.39 is 11.8 Å². The van der Waals surface area contributed by atoms with Crippen LogP contribution in [0.25, 0.3) is 16.3 Å². The van der Waals surface area contributed by atoms with Crippen LogP contribution in [0.3, 0.4) is 0 Å². The predicted octanol–water partition coefficient (Wildman–Crippen LogP) is 6.45. The molecule has 44 heavy (non-hydrogen) atoms. The van der Waals surface area contributed by atoms with Crippen LogP contribution in [-0.2, 0) is 9.59 Å². The van der Waals surface area contributed by atoms with Gasteiger partial charge in [0.05, 0.1) is 30.2 Å². The number of nitrogens with zero attached hydrogens (tertiary/aromatic N) is 1. The third-order valence-corrected chi connectivity index (χ3v) is 8.24. The molecule has 3 amide bonds. The minimum Gasteiger partial charge on any atom is -0.497 e. The molecule has 0 radical (unpaired) electrons. The lowest BCUT2D eigenvalue weighted by atomic mass is 10.1. The molecule has 0 bridgehead atoms. The number of nitrogens with one attached hydrogen (secondary N) is 3. The SMILES string of the molecule is COc1ccc2nc(NC(=O)CSc3ccc(NC(=O)/C(=C/c4ccccc4OC)NC(=O)c4ccccc4)cc3)sc2c1. The molecule has 222 valence electrons. The summed E-state index contributed by atoms with van der Waals surface area (Å²) < 4.78 is 11.6. The Balaban J connectivity index is 1.22. The summed E-state index contributed by atoms with van der Waals surface area (Å²) in [6.45, 7) is 0. The zero-order valence-electron chi connectivity index (χ0n) is 23.8. The van der Waals surface area contributed by atoms with Gasteiger partial charge >= 0.3 is 0 Å². The molecule has 0 spiro atoms. The van der Waals surface area contributed by atoms with Crippen molar-refractivity contribution in [1.82, 2.24) is 10.3 Å². The monoisotopic (exact) mass is 624 g/mol. The summed E-state index contributed by atoms with van der Waals surface area (Å²) in [5.74, 6) is 0.363. The summed E-state index contributed by atoms with van der Waals surface area (Å²) in [5.41, 5.74) is 2.40. The van der Waals surface area contributed by atoms with E-state index in [4.69, 9.17) is 9.47 Å². The number of thiazole rings is 1. The molecule has 1 heterocycles. The number of aromatic nitrogens is 1. The van der Waals surface area contributed by atoms with Crippen LogP contribution in [-0.4, -0.2) is 42.7 Å². The number of benzene rings is 4. The normalized spacial score (nSPS) is 11.1. The van der Waals surface area contributed by atoms with Crippen molar-refractivity contribution in [3.63, 3.8) is 0 Å². The van der Waals surface area contributed by atoms with Crippen LogP contribution in [0.2, 0.25) is 0 Å². The van der Waals surface area contributed by atoms with Gasteiger partial charge in [-0.1, -0.05) is 47.7 Å². The lowest BCUT2D eigenvalue weighted by Crippen LogP contribution is -2.30. The van der Waals surface area contributed by atoms with Gasteiger partial charge in [0.25, 0.3) is 11.8 Å². The Morgan fingerprint density at radius 1 is 0.864 bits per heavy atom. The maximum Gasteiger partial charge on any atom is 0.272 e. The van der Waals surface area contributed by atoms with Crippen molar-refractivity contribution in [2.45, 2.75) is 4.90 Å². The molecular weight excluding hydrogens is 597 g/mol. The van der Waals surface area contributed by atoms with Gasteiger partial charge in [0.15, 0.2) is 5.13 Å². The van der Waals surface area contributed by atoms with E-state index in [2.05, 4.69) is 20.9 Å².